The van der Waals surface area contributed by atoms with Crippen molar-refractivity contribution in [3.8, 4) is 0 Å². The van der Waals surface area contributed by atoms with Crippen LogP contribution in [0.3, 0.4) is 0 Å². The van der Waals surface area contributed by atoms with Crippen LogP contribution in [0.1, 0.15) is 43.2 Å². The fourth-order valence-electron chi connectivity index (χ4n) is 4.25. The second-order valence-electron chi connectivity index (χ2n) is 8.45. The Kier molecular flexibility index (Phi) is 5.34. The number of H-pyrrole nitrogens is 1. The summed E-state index contributed by atoms with van der Waals surface area (Å²) < 4.78 is 14.5. The van der Waals surface area contributed by atoms with Crippen LogP contribution in [0.25, 0.3) is 11.0 Å². The average molecular weight is 441 g/mol. The van der Waals surface area contributed by atoms with Crippen molar-refractivity contribution in [2.24, 2.45) is 0 Å². The lowest BCUT2D eigenvalue weighted by molar-refractivity contribution is 0.0957. The molecule has 3 aromatic heterocycles. The molecule has 0 bridgehead atoms. The lowest BCUT2D eigenvalue weighted by atomic mass is 10.1. The lowest BCUT2D eigenvalue weighted by Crippen LogP contribution is -2.46. The molecule has 2 fully saturated rings. The fraction of sp³-hybridized carbons (Fsp3) is 0.391. The summed E-state index contributed by atoms with van der Waals surface area (Å²) in [6.45, 7) is 3.53. The summed E-state index contributed by atoms with van der Waals surface area (Å²) in [6, 6.07) is 7.07. The van der Waals surface area contributed by atoms with Crippen LogP contribution >= 0.6 is 0 Å². The van der Waals surface area contributed by atoms with E-state index in [9.17, 15) is 14.0 Å². The van der Waals surface area contributed by atoms with Gasteiger partial charge in [0.25, 0.3) is 11.5 Å². The van der Waals surface area contributed by atoms with Gasteiger partial charge in [-0.2, -0.15) is 4.39 Å². The van der Waals surface area contributed by atoms with Crippen molar-refractivity contribution in [2.75, 3.05) is 38.1 Å². The lowest BCUT2D eigenvalue weighted by Gasteiger charge is -2.36. The summed E-state index contributed by atoms with van der Waals surface area (Å²) in [6.07, 6.45) is 4.03. The third-order valence-corrected chi connectivity index (χ3v) is 6.20. The fourth-order valence-corrected chi connectivity index (χ4v) is 4.25. The summed E-state index contributed by atoms with van der Waals surface area (Å²) in [7, 11) is 1.49. The molecule has 1 saturated carbocycles. The first-order valence-corrected chi connectivity index (χ1v) is 10.9. The number of hydrogen-bond acceptors (Lipinski definition) is 6. The molecule has 0 spiro atoms. The number of carbonyl (C=O) groups is 1. The molecule has 3 aromatic rings. The molecule has 170 valence electrons. The van der Waals surface area contributed by atoms with Gasteiger partial charge in [-0.25, -0.2) is 4.98 Å². The van der Waals surface area contributed by atoms with E-state index < -0.39 is 11.9 Å². The third-order valence-electron chi connectivity index (χ3n) is 6.20. The number of hydrogen-bond donors (Lipinski definition) is 2. The van der Waals surface area contributed by atoms with E-state index in [-0.39, 0.29) is 14.1 Å². The van der Waals surface area contributed by atoms with Crippen LogP contribution in [0, 0.1) is 5.95 Å². The van der Waals surface area contributed by atoms with E-state index in [2.05, 4.69) is 25.2 Å². The van der Waals surface area contributed by atoms with Crippen molar-refractivity contribution < 1.29 is 12.0 Å². The topological polar surface area (TPSA) is 94.2 Å². The number of rotatable bonds is 5. The monoisotopic (exact) mass is 440 g/mol. The second-order valence-corrected chi connectivity index (χ2v) is 8.45. The van der Waals surface area contributed by atoms with Crippen LogP contribution in [0.15, 0.2) is 35.3 Å². The highest BCUT2D eigenvalue weighted by molar-refractivity contribution is 5.92. The Morgan fingerprint density at radius 2 is 2.03 bits per heavy atom. The number of aromatic nitrogens is 3. The van der Waals surface area contributed by atoms with Gasteiger partial charge in [0, 0.05) is 54.4 Å². The Balaban J connectivity index is 0.00000162. The van der Waals surface area contributed by atoms with Gasteiger partial charge in [-0.15, -0.1) is 0 Å². The van der Waals surface area contributed by atoms with E-state index in [0.29, 0.717) is 31.2 Å². The molecule has 1 amide bonds. The highest BCUT2D eigenvalue weighted by Gasteiger charge is 2.27. The minimum Gasteiger partial charge on any atom is -0.365 e. The number of nitrogens with zero attached hydrogens (tertiary/aromatic N) is 4. The van der Waals surface area contributed by atoms with E-state index in [1.165, 1.54) is 7.05 Å². The zero-order valence-electron chi connectivity index (χ0n) is 17.9. The number of fused-ring (bicyclic) bond motifs is 1. The molecular weight excluding hydrogens is 411 g/mol. The van der Waals surface area contributed by atoms with Gasteiger partial charge in [0.15, 0.2) is 0 Å². The largest absolute Gasteiger partial charge is 0.365 e. The quantitative estimate of drug-likeness (QED) is 0.592. The minimum atomic E-state index is -0.632. The number of nitrogens with one attached hydrogen (secondary N) is 2. The van der Waals surface area contributed by atoms with Crippen molar-refractivity contribution in [1.29, 1.82) is 0 Å². The van der Waals surface area contributed by atoms with Crippen LogP contribution in [0.4, 0.5) is 10.1 Å². The predicted octanol–water partition coefficient (Wildman–Crippen LogP) is 2.51. The molecule has 1 saturated heterocycles. The molecule has 2 aliphatic rings. The normalized spacial score (nSPS) is 17.0. The van der Waals surface area contributed by atoms with Gasteiger partial charge in [-0.3, -0.25) is 19.5 Å². The third kappa shape index (κ3) is 4.08. The first kappa shape index (κ1) is 20.6. The summed E-state index contributed by atoms with van der Waals surface area (Å²) in [5.41, 5.74) is 3.93. The Bertz CT molecular complexity index is 1240. The first-order chi connectivity index (χ1) is 15.5. The highest BCUT2D eigenvalue weighted by Crippen LogP contribution is 2.38. The van der Waals surface area contributed by atoms with Crippen molar-refractivity contribution in [1.82, 2.24) is 25.2 Å². The van der Waals surface area contributed by atoms with Crippen molar-refractivity contribution in [3.05, 3.63) is 63.6 Å². The Morgan fingerprint density at radius 1 is 1.25 bits per heavy atom. The zero-order chi connectivity index (χ0) is 22.2. The number of piperazine rings is 1. The summed E-state index contributed by atoms with van der Waals surface area (Å²) in [4.78, 5) is 39.5. The van der Waals surface area contributed by atoms with E-state index in [0.717, 1.165) is 48.1 Å². The number of carbonyl (C=O) groups excluding carboxylic acids is 1. The zero-order valence-corrected chi connectivity index (χ0v) is 17.9. The molecule has 9 heteroatoms. The molecule has 8 nitrogen and oxygen atoms in total. The Labute approximate surface area is 187 Å². The SMILES string of the molecule is CNC(=O)c1ccc(N2CCN(Cc3cnc4cc(C5CC5)c(=O)[nH]c4c3)CC2)c(F)n1.[HH].[HH]. The van der Waals surface area contributed by atoms with Crippen molar-refractivity contribution in [3.63, 3.8) is 0 Å². The summed E-state index contributed by atoms with van der Waals surface area (Å²) >= 11 is 0. The molecule has 0 atom stereocenters. The van der Waals surface area contributed by atoms with Gasteiger partial charge in [-0.05, 0) is 48.6 Å². The number of halogens is 1. The van der Waals surface area contributed by atoms with E-state index in [1.807, 2.05) is 23.2 Å². The van der Waals surface area contributed by atoms with Crippen LogP contribution in [0.2, 0.25) is 0 Å². The average Bonchev–Trinajstić information content (AvgIpc) is 3.64. The molecular formula is C23H29FN6O2. The molecule has 4 heterocycles. The van der Waals surface area contributed by atoms with E-state index in [1.54, 1.807) is 12.1 Å². The van der Waals surface area contributed by atoms with Gasteiger partial charge in [0.2, 0.25) is 5.95 Å². The maximum atomic E-state index is 14.5. The minimum absolute atomic E-state index is 0. The molecule has 5 rings (SSSR count). The number of anilines is 1. The molecule has 0 unspecified atom stereocenters. The standard InChI is InChI=1S/C23H25FN6O2.2H2/c1-25-23(32)17-4-5-20(21(24)27-17)30-8-6-29(7-9-30)13-14-10-19-18(26-12-14)11-16(15-2-3-15)22(31)28-19;;/h4-5,10-12,15H,2-3,6-9,13H2,1H3,(H,25,32)(H,28,31);2*1H. The van der Waals surface area contributed by atoms with Gasteiger partial charge >= 0.3 is 0 Å². The molecule has 2 N–H and O–H groups in total. The molecule has 32 heavy (non-hydrogen) atoms. The Hall–Kier alpha value is -3.33. The number of aromatic amines is 1. The molecule has 0 radical (unpaired) electrons. The maximum absolute atomic E-state index is 14.5. The summed E-state index contributed by atoms with van der Waals surface area (Å²) in [5, 5.41) is 2.45. The molecule has 1 aliphatic heterocycles. The van der Waals surface area contributed by atoms with Crippen LogP contribution in [-0.2, 0) is 6.54 Å². The Morgan fingerprint density at radius 3 is 2.72 bits per heavy atom. The smallest absolute Gasteiger partial charge is 0.269 e. The van der Waals surface area contributed by atoms with Crippen molar-refractivity contribution >= 4 is 22.6 Å². The highest BCUT2D eigenvalue weighted by atomic mass is 19.1. The van der Waals surface area contributed by atoms with Gasteiger partial charge < -0.3 is 15.2 Å². The first-order valence-electron chi connectivity index (χ1n) is 10.9. The second kappa shape index (κ2) is 8.31. The van der Waals surface area contributed by atoms with Gasteiger partial charge in [-0.1, -0.05) is 0 Å². The van der Waals surface area contributed by atoms with Crippen molar-refractivity contribution in [2.45, 2.75) is 25.3 Å². The predicted molar refractivity (Wildman–Crippen MR) is 124 cm³/mol. The number of pyridine rings is 3. The van der Waals surface area contributed by atoms with Crippen LogP contribution in [0.5, 0.6) is 0 Å². The number of amides is 1. The molecule has 1 aliphatic carbocycles. The van der Waals surface area contributed by atoms with Gasteiger partial charge in [0.1, 0.15) is 5.69 Å². The van der Waals surface area contributed by atoms with Crippen LogP contribution in [-0.4, -0.2) is 59.0 Å². The van der Waals surface area contributed by atoms with E-state index in [4.69, 9.17) is 0 Å². The van der Waals surface area contributed by atoms with Gasteiger partial charge in [0.05, 0.1) is 16.7 Å². The van der Waals surface area contributed by atoms with E-state index >= 15 is 0 Å². The maximum Gasteiger partial charge on any atom is 0.269 e. The molecule has 0 aromatic carbocycles. The summed E-state index contributed by atoms with van der Waals surface area (Å²) in [5.74, 6) is -0.650. The van der Waals surface area contributed by atoms with Crippen LogP contribution < -0.4 is 15.8 Å².